The van der Waals surface area contributed by atoms with Crippen molar-refractivity contribution in [3.8, 4) is 0 Å². The van der Waals surface area contributed by atoms with E-state index in [1.807, 2.05) is 53.4 Å². The molecule has 2 aromatic rings. The van der Waals surface area contributed by atoms with Crippen LogP contribution >= 0.6 is 11.8 Å². The maximum absolute atomic E-state index is 12.9. The fourth-order valence-electron chi connectivity index (χ4n) is 3.38. The van der Waals surface area contributed by atoms with E-state index in [-0.39, 0.29) is 12.5 Å². The molecule has 0 aliphatic carbocycles. The molecule has 0 spiro atoms. The van der Waals surface area contributed by atoms with Gasteiger partial charge in [0.2, 0.25) is 0 Å². The Balaban J connectivity index is 2.01. The fraction of sp³-hybridized carbons (Fsp3) is 0.462. The highest BCUT2D eigenvalue weighted by molar-refractivity contribution is 7.99. The van der Waals surface area contributed by atoms with E-state index in [1.165, 1.54) is 19.3 Å². The molecule has 0 unspecified atom stereocenters. The maximum Gasteiger partial charge on any atom is 0.321 e. The van der Waals surface area contributed by atoms with Crippen molar-refractivity contribution < 1.29 is 14.7 Å². The van der Waals surface area contributed by atoms with Crippen molar-refractivity contribution in [3.05, 3.63) is 54.1 Å². The molecule has 0 heterocycles. The Labute approximate surface area is 196 Å². The molecule has 0 radical (unpaired) electrons. The molecular formula is C26H36N2O3S. The van der Waals surface area contributed by atoms with E-state index in [1.54, 1.807) is 11.8 Å². The lowest BCUT2D eigenvalue weighted by atomic mass is 10.1. The van der Waals surface area contributed by atoms with Gasteiger partial charge in [0, 0.05) is 28.6 Å². The van der Waals surface area contributed by atoms with E-state index in [0.29, 0.717) is 13.1 Å². The first-order valence-electron chi connectivity index (χ1n) is 11.7. The summed E-state index contributed by atoms with van der Waals surface area (Å²) in [7, 11) is 0. The highest BCUT2D eigenvalue weighted by Crippen LogP contribution is 2.31. The first-order valence-corrected chi connectivity index (χ1v) is 12.5. The zero-order chi connectivity index (χ0) is 23.2. The van der Waals surface area contributed by atoms with Crippen LogP contribution in [0, 0.1) is 0 Å². The van der Waals surface area contributed by atoms with E-state index < -0.39 is 5.97 Å². The second kappa shape index (κ2) is 14.6. The summed E-state index contributed by atoms with van der Waals surface area (Å²) in [5, 5.41) is 12.0. The van der Waals surface area contributed by atoms with Crippen molar-refractivity contribution in [1.82, 2.24) is 5.32 Å². The summed E-state index contributed by atoms with van der Waals surface area (Å²) in [5.41, 5.74) is 1.68. The van der Waals surface area contributed by atoms with Gasteiger partial charge in [-0.1, -0.05) is 75.9 Å². The zero-order valence-electron chi connectivity index (χ0n) is 19.3. The Morgan fingerprint density at radius 3 is 2.31 bits per heavy atom. The molecule has 174 valence electrons. The SMILES string of the molecule is CCCCCCCNC(=O)N(CCCC)c1cccc(Sc2ccc(CC(=O)O)cc2)c1. The summed E-state index contributed by atoms with van der Waals surface area (Å²) in [6.07, 6.45) is 7.87. The maximum atomic E-state index is 12.9. The minimum absolute atomic E-state index is 0.0283. The van der Waals surface area contributed by atoms with Crippen LogP contribution in [-0.4, -0.2) is 30.2 Å². The van der Waals surface area contributed by atoms with Gasteiger partial charge in [-0.05, 0) is 48.7 Å². The molecule has 2 N–H and O–H groups in total. The summed E-state index contributed by atoms with van der Waals surface area (Å²) >= 11 is 1.61. The Kier molecular flexibility index (Phi) is 11.7. The van der Waals surface area contributed by atoms with Gasteiger partial charge in [-0.25, -0.2) is 4.79 Å². The van der Waals surface area contributed by atoms with Crippen LogP contribution in [0.5, 0.6) is 0 Å². The van der Waals surface area contributed by atoms with Gasteiger partial charge in [-0.2, -0.15) is 0 Å². The van der Waals surface area contributed by atoms with Gasteiger partial charge < -0.3 is 10.4 Å². The molecule has 0 aliphatic rings. The van der Waals surface area contributed by atoms with Crippen molar-refractivity contribution in [2.24, 2.45) is 0 Å². The molecule has 0 bridgehead atoms. The minimum atomic E-state index is -0.829. The Hall–Kier alpha value is -2.47. The largest absolute Gasteiger partial charge is 0.481 e. The standard InChI is InChI=1S/C26H36N2O3S/c1-3-5-7-8-9-17-27-26(31)28(18-6-4-2)22-11-10-12-24(20-22)32-23-15-13-21(14-16-23)19-25(29)30/h10-16,20H,3-9,17-19H2,1-2H3,(H,27,31)(H,29,30). The molecule has 5 nitrogen and oxygen atoms in total. The Bertz CT molecular complexity index is 839. The number of rotatable bonds is 14. The molecule has 0 fully saturated rings. The van der Waals surface area contributed by atoms with Crippen LogP contribution in [0.1, 0.15) is 64.4 Å². The summed E-state index contributed by atoms with van der Waals surface area (Å²) in [4.78, 5) is 27.7. The summed E-state index contributed by atoms with van der Waals surface area (Å²) in [6.45, 7) is 5.73. The highest BCUT2D eigenvalue weighted by atomic mass is 32.2. The number of nitrogens with zero attached hydrogens (tertiary/aromatic N) is 1. The molecule has 2 aromatic carbocycles. The van der Waals surface area contributed by atoms with Crippen LogP contribution in [0.4, 0.5) is 10.5 Å². The third kappa shape index (κ3) is 9.35. The van der Waals surface area contributed by atoms with Crippen LogP contribution in [-0.2, 0) is 11.2 Å². The number of carboxylic acids is 1. The van der Waals surface area contributed by atoms with Gasteiger partial charge in [0.15, 0.2) is 0 Å². The molecule has 2 amide bonds. The van der Waals surface area contributed by atoms with Crippen LogP contribution in [0.15, 0.2) is 58.3 Å². The van der Waals surface area contributed by atoms with E-state index in [0.717, 1.165) is 46.7 Å². The lowest BCUT2D eigenvalue weighted by Gasteiger charge is -2.23. The molecule has 0 aromatic heterocycles. The van der Waals surface area contributed by atoms with E-state index in [2.05, 4.69) is 19.2 Å². The van der Waals surface area contributed by atoms with Crippen LogP contribution in [0.3, 0.4) is 0 Å². The summed E-state index contributed by atoms with van der Waals surface area (Å²) in [6, 6.07) is 15.6. The van der Waals surface area contributed by atoms with Crippen molar-refractivity contribution in [2.45, 2.75) is 75.0 Å². The van der Waals surface area contributed by atoms with Gasteiger partial charge in [-0.3, -0.25) is 9.69 Å². The highest BCUT2D eigenvalue weighted by Gasteiger charge is 2.15. The number of benzene rings is 2. The van der Waals surface area contributed by atoms with Crippen LogP contribution in [0.2, 0.25) is 0 Å². The second-order valence-electron chi connectivity index (χ2n) is 7.97. The van der Waals surface area contributed by atoms with Gasteiger partial charge in [0.05, 0.1) is 6.42 Å². The van der Waals surface area contributed by atoms with E-state index in [9.17, 15) is 9.59 Å². The smallest absolute Gasteiger partial charge is 0.321 e. The van der Waals surface area contributed by atoms with Crippen molar-refractivity contribution >= 4 is 29.4 Å². The average Bonchev–Trinajstić information content (AvgIpc) is 2.78. The number of carboxylic acid groups (broad SMARTS) is 1. The monoisotopic (exact) mass is 456 g/mol. The number of nitrogens with one attached hydrogen (secondary N) is 1. The molecular weight excluding hydrogens is 420 g/mol. The summed E-state index contributed by atoms with van der Waals surface area (Å²) in [5.74, 6) is -0.829. The number of carbonyl (C=O) groups is 2. The van der Waals surface area contributed by atoms with Gasteiger partial charge in [0.25, 0.3) is 0 Å². The number of urea groups is 1. The topological polar surface area (TPSA) is 69.6 Å². The number of hydrogen-bond acceptors (Lipinski definition) is 3. The number of unbranched alkanes of at least 4 members (excludes halogenated alkanes) is 5. The van der Waals surface area contributed by atoms with Crippen LogP contribution < -0.4 is 10.2 Å². The van der Waals surface area contributed by atoms with Gasteiger partial charge in [0.1, 0.15) is 0 Å². The number of amides is 2. The van der Waals surface area contributed by atoms with Crippen LogP contribution in [0.25, 0.3) is 0 Å². The van der Waals surface area contributed by atoms with E-state index >= 15 is 0 Å². The number of hydrogen-bond donors (Lipinski definition) is 2. The normalized spacial score (nSPS) is 10.7. The van der Waals surface area contributed by atoms with Crippen molar-refractivity contribution in [1.29, 1.82) is 0 Å². The number of aliphatic carboxylic acids is 1. The molecule has 0 saturated heterocycles. The lowest BCUT2D eigenvalue weighted by Crippen LogP contribution is -2.41. The molecule has 6 heteroatoms. The summed E-state index contributed by atoms with van der Waals surface area (Å²) < 4.78 is 0. The fourth-order valence-corrected chi connectivity index (χ4v) is 4.25. The quantitative estimate of drug-likeness (QED) is 0.308. The number of anilines is 1. The molecule has 2 rings (SSSR count). The second-order valence-corrected chi connectivity index (χ2v) is 9.11. The molecule has 32 heavy (non-hydrogen) atoms. The third-order valence-electron chi connectivity index (χ3n) is 5.18. The minimum Gasteiger partial charge on any atom is -0.481 e. The van der Waals surface area contributed by atoms with Gasteiger partial charge in [-0.15, -0.1) is 0 Å². The zero-order valence-corrected chi connectivity index (χ0v) is 20.1. The predicted octanol–water partition coefficient (Wildman–Crippen LogP) is 6.75. The third-order valence-corrected chi connectivity index (χ3v) is 6.18. The van der Waals surface area contributed by atoms with E-state index in [4.69, 9.17) is 5.11 Å². The van der Waals surface area contributed by atoms with Gasteiger partial charge >= 0.3 is 12.0 Å². The number of carbonyl (C=O) groups excluding carboxylic acids is 1. The van der Waals surface area contributed by atoms with Crippen molar-refractivity contribution in [2.75, 3.05) is 18.0 Å². The predicted molar refractivity (Wildman–Crippen MR) is 133 cm³/mol. The first kappa shape index (κ1) is 25.8. The molecule has 0 saturated carbocycles. The Morgan fingerprint density at radius 1 is 0.906 bits per heavy atom. The van der Waals surface area contributed by atoms with Crippen molar-refractivity contribution in [3.63, 3.8) is 0 Å². The molecule has 0 atom stereocenters. The molecule has 0 aliphatic heterocycles. The Morgan fingerprint density at radius 2 is 1.62 bits per heavy atom. The lowest BCUT2D eigenvalue weighted by molar-refractivity contribution is -0.136. The average molecular weight is 457 g/mol. The first-order chi connectivity index (χ1) is 15.5.